The standard InChI is InChI=1S/C18H24N2O5S/c21-17(19-12-11-15-7-3-1-4-8-15)14-25-18(22)13-20-26(23,24)16-9-5-2-6-10-16/h2,5-7,9-10,20H,1,3-4,8,11-14H2,(H,19,21). The van der Waals surface area contributed by atoms with Gasteiger partial charge in [-0.05, 0) is 44.2 Å². The summed E-state index contributed by atoms with van der Waals surface area (Å²) < 4.78 is 30.9. The van der Waals surface area contributed by atoms with E-state index in [0.29, 0.717) is 6.54 Å². The lowest BCUT2D eigenvalue weighted by Crippen LogP contribution is -2.34. The number of nitrogens with one attached hydrogen (secondary N) is 2. The van der Waals surface area contributed by atoms with Crippen molar-refractivity contribution < 1.29 is 22.7 Å². The van der Waals surface area contributed by atoms with Crippen molar-refractivity contribution in [1.82, 2.24) is 10.0 Å². The van der Waals surface area contributed by atoms with Crippen molar-refractivity contribution in [2.24, 2.45) is 0 Å². The number of allylic oxidation sites excluding steroid dienone is 1. The van der Waals surface area contributed by atoms with Crippen molar-refractivity contribution in [2.45, 2.75) is 37.0 Å². The van der Waals surface area contributed by atoms with Gasteiger partial charge in [-0.25, -0.2) is 8.42 Å². The molecule has 2 rings (SSSR count). The van der Waals surface area contributed by atoms with Crippen LogP contribution in [0.5, 0.6) is 0 Å². The highest BCUT2D eigenvalue weighted by Crippen LogP contribution is 2.19. The first-order valence-corrected chi connectivity index (χ1v) is 10.1. The fourth-order valence-corrected chi connectivity index (χ4v) is 3.57. The van der Waals surface area contributed by atoms with Crippen molar-refractivity contribution in [2.75, 3.05) is 19.7 Å². The number of amides is 1. The van der Waals surface area contributed by atoms with E-state index in [0.717, 1.165) is 19.3 Å². The zero-order valence-corrected chi connectivity index (χ0v) is 15.4. The molecule has 26 heavy (non-hydrogen) atoms. The first kappa shape index (κ1) is 20.1. The zero-order chi connectivity index (χ0) is 18.8. The van der Waals surface area contributed by atoms with E-state index in [1.165, 1.54) is 30.5 Å². The summed E-state index contributed by atoms with van der Waals surface area (Å²) in [5.41, 5.74) is 1.35. The number of rotatable bonds is 9. The molecule has 2 N–H and O–H groups in total. The number of carbonyl (C=O) groups is 2. The van der Waals surface area contributed by atoms with Crippen molar-refractivity contribution in [3.63, 3.8) is 0 Å². The summed E-state index contributed by atoms with van der Waals surface area (Å²) in [6.45, 7) is -0.453. The Labute approximate surface area is 153 Å². The Morgan fingerprint density at radius 3 is 2.58 bits per heavy atom. The van der Waals surface area contributed by atoms with Crippen molar-refractivity contribution in [3.8, 4) is 0 Å². The second-order valence-electron chi connectivity index (χ2n) is 6.01. The summed E-state index contributed by atoms with van der Waals surface area (Å²) in [6.07, 6.45) is 7.60. The van der Waals surface area contributed by atoms with Gasteiger partial charge >= 0.3 is 5.97 Å². The normalized spacial score (nSPS) is 14.4. The fraction of sp³-hybridized carbons (Fsp3) is 0.444. The van der Waals surface area contributed by atoms with E-state index in [1.54, 1.807) is 18.2 Å². The van der Waals surface area contributed by atoms with Gasteiger partial charge in [0.1, 0.15) is 6.54 Å². The number of benzene rings is 1. The van der Waals surface area contributed by atoms with Crippen molar-refractivity contribution >= 4 is 21.9 Å². The molecule has 142 valence electrons. The molecule has 0 spiro atoms. The third-order valence-electron chi connectivity index (χ3n) is 3.98. The highest BCUT2D eigenvalue weighted by atomic mass is 32.2. The van der Waals surface area contributed by atoms with Gasteiger partial charge in [-0.1, -0.05) is 29.8 Å². The number of hydrogen-bond acceptors (Lipinski definition) is 5. The maximum Gasteiger partial charge on any atom is 0.321 e. The summed E-state index contributed by atoms with van der Waals surface area (Å²) in [4.78, 5) is 23.3. The van der Waals surface area contributed by atoms with E-state index in [9.17, 15) is 18.0 Å². The van der Waals surface area contributed by atoms with E-state index in [1.807, 2.05) is 0 Å². The minimum Gasteiger partial charge on any atom is -0.455 e. The van der Waals surface area contributed by atoms with E-state index in [-0.39, 0.29) is 4.90 Å². The molecule has 7 nitrogen and oxygen atoms in total. The topological polar surface area (TPSA) is 102 Å². The predicted octanol–water partition coefficient (Wildman–Crippen LogP) is 1.51. The highest BCUT2D eigenvalue weighted by molar-refractivity contribution is 7.89. The molecule has 1 aromatic rings. The lowest BCUT2D eigenvalue weighted by molar-refractivity contribution is -0.147. The molecule has 0 aliphatic heterocycles. The van der Waals surface area contributed by atoms with Gasteiger partial charge in [-0.15, -0.1) is 0 Å². The Kier molecular flexibility index (Phi) is 7.80. The Bertz CT molecular complexity index is 744. The maximum absolute atomic E-state index is 12.0. The van der Waals surface area contributed by atoms with Crippen molar-refractivity contribution in [3.05, 3.63) is 42.0 Å². The number of sulfonamides is 1. The summed E-state index contributed by atoms with van der Waals surface area (Å²) in [6, 6.07) is 7.70. The lowest BCUT2D eigenvalue weighted by Gasteiger charge is -2.13. The molecule has 1 amide bonds. The molecular weight excluding hydrogens is 356 g/mol. The van der Waals surface area contributed by atoms with Crippen LogP contribution in [-0.4, -0.2) is 40.0 Å². The molecule has 0 aromatic heterocycles. The second-order valence-corrected chi connectivity index (χ2v) is 7.77. The summed E-state index contributed by atoms with van der Waals surface area (Å²) in [7, 11) is -3.78. The number of hydrogen-bond donors (Lipinski definition) is 2. The minimum atomic E-state index is -3.78. The Balaban J connectivity index is 1.63. The number of ether oxygens (including phenoxy) is 1. The van der Waals surface area contributed by atoms with Crippen molar-refractivity contribution in [1.29, 1.82) is 0 Å². The van der Waals surface area contributed by atoms with E-state index < -0.39 is 35.1 Å². The van der Waals surface area contributed by atoms with Gasteiger partial charge in [0.25, 0.3) is 5.91 Å². The van der Waals surface area contributed by atoms with Crippen LogP contribution in [0.15, 0.2) is 46.9 Å². The highest BCUT2D eigenvalue weighted by Gasteiger charge is 2.16. The smallest absolute Gasteiger partial charge is 0.321 e. The van der Waals surface area contributed by atoms with Gasteiger partial charge in [-0.3, -0.25) is 9.59 Å². The largest absolute Gasteiger partial charge is 0.455 e. The number of esters is 1. The molecule has 8 heteroatoms. The van der Waals surface area contributed by atoms with Crippen LogP contribution in [0.2, 0.25) is 0 Å². The van der Waals surface area contributed by atoms with Crippen LogP contribution in [0.1, 0.15) is 32.1 Å². The van der Waals surface area contributed by atoms with E-state index in [2.05, 4.69) is 16.1 Å². The molecule has 1 aliphatic carbocycles. The molecule has 1 aliphatic rings. The summed E-state index contributed by atoms with van der Waals surface area (Å²) in [5.74, 6) is -1.21. The molecule has 0 radical (unpaired) electrons. The monoisotopic (exact) mass is 380 g/mol. The van der Waals surface area contributed by atoms with Gasteiger partial charge in [0.15, 0.2) is 6.61 Å². The van der Waals surface area contributed by atoms with Crippen LogP contribution in [0.3, 0.4) is 0 Å². The SMILES string of the molecule is O=C(COC(=O)CNS(=O)(=O)c1ccccc1)NCCC1=CCCCC1. The number of carbonyl (C=O) groups excluding carboxylic acids is 2. The zero-order valence-electron chi connectivity index (χ0n) is 14.6. The Morgan fingerprint density at radius 2 is 1.88 bits per heavy atom. The maximum atomic E-state index is 12.0. The van der Waals surface area contributed by atoms with Crippen LogP contribution in [0.25, 0.3) is 0 Å². The van der Waals surface area contributed by atoms with Gasteiger partial charge in [0.05, 0.1) is 4.90 Å². The van der Waals surface area contributed by atoms with E-state index >= 15 is 0 Å². The molecule has 0 heterocycles. The third-order valence-corrected chi connectivity index (χ3v) is 5.39. The molecule has 0 saturated heterocycles. The quantitative estimate of drug-likeness (QED) is 0.500. The fourth-order valence-electron chi connectivity index (χ4n) is 2.58. The summed E-state index contributed by atoms with van der Waals surface area (Å²) in [5, 5.41) is 2.69. The van der Waals surface area contributed by atoms with Gasteiger partial charge in [-0.2, -0.15) is 4.72 Å². The minimum absolute atomic E-state index is 0.0579. The lowest BCUT2D eigenvalue weighted by atomic mass is 9.97. The molecule has 0 fully saturated rings. The first-order chi connectivity index (χ1) is 12.5. The van der Waals surface area contributed by atoms with Crippen LogP contribution < -0.4 is 10.0 Å². The molecular formula is C18H24N2O5S. The van der Waals surface area contributed by atoms with Crippen LogP contribution in [-0.2, 0) is 24.3 Å². The Hall–Kier alpha value is -2.19. The van der Waals surface area contributed by atoms with Crippen LogP contribution >= 0.6 is 0 Å². The van der Waals surface area contributed by atoms with Gasteiger partial charge < -0.3 is 10.1 Å². The average Bonchev–Trinajstić information content (AvgIpc) is 2.66. The Morgan fingerprint density at radius 1 is 1.12 bits per heavy atom. The van der Waals surface area contributed by atoms with Gasteiger partial charge in [0, 0.05) is 6.54 Å². The van der Waals surface area contributed by atoms with Crippen LogP contribution in [0.4, 0.5) is 0 Å². The van der Waals surface area contributed by atoms with Crippen LogP contribution in [0, 0.1) is 0 Å². The molecule has 0 saturated carbocycles. The van der Waals surface area contributed by atoms with Gasteiger partial charge in [0.2, 0.25) is 10.0 Å². The average molecular weight is 380 g/mol. The molecule has 0 unspecified atom stereocenters. The van der Waals surface area contributed by atoms with E-state index in [4.69, 9.17) is 4.74 Å². The molecule has 1 aromatic carbocycles. The molecule has 0 atom stereocenters. The molecule has 0 bridgehead atoms. The summed E-state index contributed by atoms with van der Waals surface area (Å²) >= 11 is 0. The second kappa shape index (κ2) is 10.1. The first-order valence-electron chi connectivity index (χ1n) is 8.62. The predicted molar refractivity (Wildman–Crippen MR) is 96.8 cm³/mol. The third kappa shape index (κ3) is 6.97.